The molecule has 1 atom stereocenters. The molecule has 0 aromatic carbocycles. The summed E-state index contributed by atoms with van der Waals surface area (Å²) in [7, 11) is 0. The van der Waals surface area contributed by atoms with Crippen LogP contribution in [0.1, 0.15) is 40.0 Å². The Labute approximate surface area is 80.0 Å². The van der Waals surface area contributed by atoms with Gasteiger partial charge in [0.15, 0.2) is 0 Å². The van der Waals surface area contributed by atoms with Gasteiger partial charge in [0, 0.05) is 6.42 Å². The topological polar surface area (TPSA) is 26.3 Å². The zero-order valence-corrected chi connectivity index (χ0v) is 8.72. The minimum Gasteiger partial charge on any atom is -0.462 e. The van der Waals surface area contributed by atoms with E-state index in [2.05, 4.69) is 6.58 Å². The summed E-state index contributed by atoms with van der Waals surface area (Å²) in [4.78, 5) is 11.5. The van der Waals surface area contributed by atoms with Crippen molar-refractivity contribution in [3.8, 4) is 0 Å². The molecule has 1 aliphatic rings. The van der Waals surface area contributed by atoms with E-state index in [0.29, 0.717) is 0 Å². The molecule has 2 heteroatoms. The van der Waals surface area contributed by atoms with Crippen molar-refractivity contribution in [1.29, 1.82) is 0 Å². The second-order valence-electron chi connectivity index (χ2n) is 4.77. The monoisotopic (exact) mass is 182 g/mol. The second-order valence-corrected chi connectivity index (χ2v) is 4.77. The van der Waals surface area contributed by atoms with E-state index in [4.69, 9.17) is 4.74 Å². The van der Waals surface area contributed by atoms with Crippen molar-refractivity contribution in [2.75, 3.05) is 0 Å². The van der Waals surface area contributed by atoms with Crippen molar-refractivity contribution in [2.45, 2.75) is 46.1 Å². The molecule has 2 nitrogen and oxygen atoms in total. The molecule has 0 radical (unpaired) electrons. The van der Waals surface area contributed by atoms with E-state index in [0.717, 1.165) is 19.3 Å². The Morgan fingerprint density at radius 3 is 2.54 bits per heavy atom. The van der Waals surface area contributed by atoms with Gasteiger partial charge < -0.3 is 4.74 Å². The van der Waals surface area contributed by atoms with Gasteiger partial charge >= 0.3 is 5.97 Å². The molecular formula is C11H18O2. The molecular weight excluding hydrogens is 164 g/mol. The zero-order chi connectivity index (χ0) is 10.1. The number of hydrogen-bond donors (Lipinski definition) is 0. The SMILES string of the molecule is C=C1CC[C@H](OC(=O)C(C)(C)C)C1. The first-order valence-electron chi connectivity index (χ1n) is 4.77. The first-order valence-corrected chi connectivity index (χ1v) is 4.77. The molecule has 0 bridgehead atoms. The number of carbonyl (C=O) groups excluding carboxylic acids is 1. The summed E-state index contributed by atoms with van der Waals surface area (Å²) in [6, 6.07) is 0. The molecule has 0 aromatic heterocycles. The standard InChI is InChI=1S/C11H18O2/c1-8-5-6-9(7-8)13-10(12)11(2,3)4/h9H,1,5-7H2,2-4H3/t9-/m0/s1. The maximum Gasteiger partial charge on any atom is 0.311 e. The highest BCUT2D eigenvalue weighted by atomic mass is 16.5. The van der Waals surface area contributed by atoms with Crippen LogP contribution < -0.4 is 0 Å². The predicted molar refractivity (Wildman–Crippen MR) is 52.3 cm³/mol. The summed E-state index contributed by atoms with van der Waals surface area (Å²) in [6.07, 6.45) is 2.88. The Bertz CT molecular complexity index is 223. The van der Waals surface area contributed by atoms with Gasteiger partial charge in [0.1, 0.15) is 6.10 Å². The van der Waals surface area contributed by atoms with Gasteiger partial charge in [-0.1, -0.05) is 12.2 Å². The fourth-order valence-corrected chi connectivity index (χ4v) is 1.32. The summed E-state index contributed by atoms with van der Waals surface area (Å²) in [6.45, 7) is 9.50. The Morgan fingerprint density at radius 2 is 2.15 bits per heavy atom. The summed E-state index contributed by atoms with van der Waals surface area (Å²) < 4.78 is 5.35. The van der Waals surface area contributed by atoms with Crippen LogP contribution in [0.5, 0.6) is 0 Å². The van der Waals surface area contributed by atoms with Crippen molar-refractivity contribution in [2.24, 2.45) is 5.41 Å². The molecule has 0 unspecified atom stereocenters. The Morgan fingerprint density at radius 1 is 1.54 bits per heavy atom. The lowest BCUT2D eigenvalue weighted by Crippen LogP contribution is -2.26. The summed E-state index contributed by atoms with van der Waals surface area (Å²) in [5, 5.41) is 0. The number of carbonyl (C=O) groups is 1. The molecule has 1 rings (SSSR count). The quantitative estimate of drug-likeness (QED) is 0.460. The number of ether oxygens (including phenoxy) is 1. The molecule has 1 aliphatic carbocycles. The van der Waals surface area contributed by atoms with Crippen molar-refractivity contribution in [1.82, 2.24) is 0 Å². The Balaban J connectivity index is 2.42. The molecule has 0 aliphatic heterocycles. The summed E-state index contributed by atoms with van der Waals surface area (Å²) in [5.74, 6) is -0.104. The summed E-state index contributed by atoms with van der Waals surface area (Å²) >= 11 is 0. The molecule has 0 N–H and O–H groups in total. The lowest BCUT2D eigenvalue weighted by atomic mass is 9.97. The van der Waals surface area contributed by atoms with Gasteiger partial charge in [-0.2, -0.15) is 0 Å². The van der Waals surface area contributed by atoms with Crippen molar-refractivity contribution < 1.29 is 9.53 Å². The highest BCUT2D eigenvalue weighted by Gasteiger charge is 2.28. The van der Waals surface area contributed by atoms with E-state index < -0.39 is 0 Å². The van der Waals surface area contributed by atoms with E-state index in [1.54, 1.807) is 0 Å². The largest absolute Gasteiger partial charge is 0.462 e. The molecule has 0 heterocycles. The normalized spacial score (nSPS) is 23.3. The van der Waals surface area contributed by atoms with E-state index in [1.807, 2.05) is 20.8 Å². The molecule has 0 aromatic rings. The van der Waals surface area contributed by atoms with Crippen molar-refractivity contribution in [3.63, 3.8) is 0 Å². The maximum absolute atomic E-state index is 11.5. The van der Waals surface area contributed by atoms with Crippen molar-refractivity contribution in [3.05, 3.63) is 12.2 Å². The second kappa shape index (κ2) is 3.52. The Kier molecular flexibility index (Phi) is 2.79. The third kappa shape index (κ3) is 2.87. The summed E-state index contributed by atoms with van der Waals surface area (Å²) in [5.41, 5.74) is 0.816. The van der Waals surface area contributed by atoms with E-state index in [9.17, 15) is 4.79 Å². The van der Waals surface area contributed by atoms with Crippen molar-refractivity contribution >= 4 is 5.97 Å². The van der Waals surface area contributed by atoms with Crippen LogP contribution >= 0.6 is 0 Å². The van der Waals surface area contributed by atoms with Gasteiger partial charge in [-0.25, -0.2) is 0 Å². The average Bonchev–Trinajstić information content (AvgIpc) is 2.33. The number of rotatable bonds is 1. The van der Waals surface area contributed by atoms with E-state index >= 15 is 0 Å². The Hall–Kier alpha value is -0.790. The molecule has 13 heavy (non-hydrogen) atoms. The minimum atomic E-state index is -0.385. The lowest BCUT2D eigenvalue weighted by molar-refractivity contribution is -0.158. The van der Waals surface area contributed by atoms with Crippen LogP contribution in [0.2, 0.25) is 0 Å². The molecule has 74 valence electrons. The van der Waals surface area contributed by atoms with Crippen LogP contribution in [0.4, 0.5) is 0 Å². The van der Waals surface area contributed by atoms with Crippen LogP contribution in [0.25, 0.3) is 0 Å². The van der Waals surface area contributed by atoms with Crippen LogP contribution in [-0.2, 0) is 9.53 Å². The molecule has 0 spiro atoms. The van der Waals surface area contributed by atoms with E-state index in [1.165, 1.54) is 5.57 Å². The molecule has 0 amide bonds. The molecule has 1 fully saturated rings. The highest BCUT2D eigenvalue weighted by Crippen LogP contribution is 2.27. The van der Waals surface area contributed by atoms with Gasteiger partial charge in [0.05, 0.1) is 5.41 Å². The number of esters is 1. The fourth-order valence-electron chi connectivity index (χ4n) is 1.32. The third-order valence-electron chi connectivity index (χ3n) is 2.22. The highest BCUT2D eigenvalue weighted by molar-refractivity contribution is 5.75. The van der Waals surface area contributed by atoms with Crippen LogP contribution in [0.15, 0.2) is 12.2 Å². The lowest BCUT2D eigenvalue weighted by Gasteiger charge is -2.20. The van der Waals surface area contributed by atoms with Gasteiger partial charge in [0.2, 0.25) is 0 Å². The van der Waals surface area contributed by atoms with Crippen LogP contribution in [-0.4, -0.2) is 12.1 Å². The number of hydrogen-bond acceptors (Lipinski definition) is 2. The third-order valence-corrected chi connectivity index (χ3v) is 2.22. The predicted octanol–water partition coefficient (Wildman–Crippen LogP) is 2.68. The molecule has 1 saturated carbocycles. The smallest absolute Gasteiger partial charge is 0.311 e. The first-order chi connectivity index (χ1) is 5.89. The van der Waals surface area contributed by atoms with E-state index in [-0.39, 0.29) is 17.5 Å². The average molecular weight is 182 g/mol. The maximum atomic E-state index is 11.5. The van der Waals surface area contributed by atoms with Gasteiger partial charge in [-0.05, 0) is 33.6 Å². The fraction of sp³-hybridized carbons (Fsp3) is 0.727. The zero-order valence-electron chi connectivity index (χ0n) is 8.72. The van der Waals surface area contributed by atoms with Gasteiger partial charge in [0.25, 0.3) is 0 Å². The van der Waals surface area contributed by atoms with Gasteiger partial charge in [-0.3, -0.25) is 4.79 Å². The molecule has 0 saturated heterocycles. The minimum absolute atomic E-state index is 0.0826. The first kappa shape index (κ1) is 10.3. The van der Waals surface area contributed by atoms with Crippen LogP contribution in [0.3, 0.4) is 0 Å². The van der Waals surface area contributed by atoms with Crippen LogP contribution in [0, 0.1) is 5.41 Å². The van der Waals surface area contributed by atoms with Gasteiger partial charge in [-0.15, -0.1) is 0 Å².